The van der Waals surface area contributed by atoms with Crippen LogP contribution in [-0.4, -0.2) is 62.4 Å². The Kier molecular flexibility index (Phi) is 6.25. The first-order chi connectivity index (χ1) is 16.0. The van der Waals surface area contributed by atoms with Gasteiger partial charge in [-0.05, 0) is 49.4 Å². The highest BCUT2D eigenvalue weighted by Gasteiger charge is 2.38. The number of carbonyl (C=O) groups is 1. The summed E-state index contributed by atoms with van der Waals surface area (Å²) in [7, 11) is 0. The number of likely N-dealkylation sites (tertiary alicyclic amines) is 2. The molecule has 174 valence electrons. The summed E-state index contributed by atoms with van der Waals surface area (Å²) in [6.45, 7) is 8.50. The summed E-state index contributed by atoms with van der Waals surface area (Å²) in [6, 6.07) is 10.1. The van der Waals surface area contributed by atoms with Crippen molar-refractivity contribution in [1.29, 1.82) is 0 Å². The molecule has 0 radical (unpaired) electrons. The second-order valence-electron chi connectivity index (χ2n) is 9.72. The van der Waals surface area contributed by atoms with Gasteiger partial charge in [-0.15, -0.1) is 0 Å². The maximum Gasteiger partial charge on any atom is 0.317 e. The number of hydrogen-bond donors (Lipinski definition) is 1. The van der Waals surface area contributed by atoms with E-state index in [1.54, 1.807) is 6.20 Å². The fraction of sp³-hybridized carbons (Fsp3) is 0.480. The zero-order chi connectivity index (χ0) is 22.9. The van der Waals surface area contributed by atoms with Crippen LogP contribution in [0.4, 0.5) is 4.79 Å². The Labute approximate surface area is 199 Å². The van der Waals surface area contributed by atoms with Gasteiger partial charge in [0.1, 0.15) is 0 Å². The van der Waals surface area contributed by atoms with Gasteiger partial charge >= 0.3 is 6.03 Å². The minimum absolute atomic E-state index is 0.0823. The van der Waals surface area contributed by atoms with Gasteiger partial charge in [-0.3, -0.25) is 9.30 Å². The van der Waals surface area contributed by atoms with Crippen LogP contribution < -0.4 is 5.32 Å². The topological polar surface area (TPSA) is 65.8 Å². The predicted octanol–water partition coefficient (Wildman–Crippen LogP) is 4.31. The summed E-state index contributed by atoms with van der Waals surface area (Å²) in [6.07, 6.45) is 6.00. The third-order valence-corrected chi connectivity index (χ3v) is 6.99. The van der Waals surface area contributed by atoms with Crippen molar-refractivity contribution in [1.82, 2.24) is 29.5 Å². The first kappa shape index (κ1) is 22.2. The van der Waals surface area contributed by atoms with Crippen molar-refractivity contribution in [3.05, 3.63) is 53.4 Å². The Morgan fingerprint density at radius 3 is 2.85 bits per heavy atom. The Hall–Kier alpha value is -2.64. The summed E-state index contributed by atoms with van der Waals surface area (Å²) >= 11 is 6.12. The zero-order valence-corrected chi connectivity index (χ0v) is 20.0. The van der Waals surface area contributed by atoms with E-state index in [2.05, 4.69) is 38.3 Å². The van der Waals surface area contributed by atoms with Crippen LogP contribution >= 0.6 is 11.6 Å². The summed E-state index contributed by atoms with van der Waals surface area (Å²) in [5.74, 6) is 1.72. The lowest BCUT2D eigenvalue weighted by atomic mass is 10.0. The Balaban J connectivity index is 1.39. The molecule has 0 spiro atoms. The molecule has 0 saturated carbocycles. The highest BCUT2D eigenvalue weighted by Crippen LogP contribution is 2.32. The van der Waals surface area contributed by atoms with Gasteiger partial charge in [0.15, 0.2) is 0 Å². The molecule has 2 aliphatic rings. The molecule has 2 aliphatic heterocycles. The summed E-state index contributed by atoms with van der Waals surface area (Å²) in [4.78, 5) is 26.7. The summed E-state index contributed by atoms with van der Waals surface area (Å²) in [5, 5.41) is 3.82. The van der Waals surface area contributed by atoms with E-state index < -0.39 is 0 Å². The quantitative estimate of drug-likeness (QED) is 0.608. The van der Waals surface area contributed by atoms with Gasteiger partial charge < -0.3 is 10.2 Å². The molecule has 2 unspecified atom stereocenters. The van der Waals surface area contributed by atoms with E-state index in [4.69, 9.17) is 16.6 Å². The average molecular weight is 467 g/mol. The molecule has 33 heavy (non-hydrogen) atoms. The van der Waals surface area contributed by atoms with Crippen LogP contribution in [0.15, 0.2) is 42.7 Å². The van der Waals surface area contributed by atoms with Crippen LogP contribution in [0.1, 0.15) is 32.4 Å². The normalized spacial score (nSPS) is 21.0. The van der Waals surface area contributed by atoms with Crippen molar-refractivity contribution in [2.24, 2.45) is 11.8 Å². The third-order valence-electron chi connectivity index (χ3n) is 6.74. The monoisotopic (exact) mass is 466 g/mol. The zero-order valence-electron chi connectivity index (χ0n) is 19.2. The van der Waals surface area contributed by atoms with E-state index in [0.717, 1.165) is 62.5 Å². The van der Waals surface area contributed by atoms with Crippen molar-refractivity contribution in [3.63, 3.8) is 0 Å². The average Bonchev–Trinajstić information content (AvgIpc) is 3.30. The number of nitrogens with one attached hydrogen (secondary N) is 1. The first-order valence-corrected chi connectivity index (χ1v) is 12.2. The SMILES string of the molecule is CC(C)CNC(=O)N1CC2CCN(Cc3c(-c4ccc(Cl)cc4)nc4ncccn34)CC1C2. The molecule has 1 aromatic carbocycles. The second-order valence-corrected chi connectivity index (χ2v) is 10.2. The van der Waals surface area contributed by atoms with Crippen molar-refractivity contribution < 1.29 is 4.79 Å². The van der Waals surface area contributed by atoms with Crippen LogP contribution in [-0.2, 0) is 6.54 Å². The van der Waals surface area contributed by atoms with Crippen molar-refractivity contribution in [2.75, 3.05) is 26.2 Å². The first-order valence-electron chi connectivity index (χ1n) is 11.8. The smallest absolute Gasteiger partial charge is 0.317 e. The number of urea groups is 1. The largest absolute Gasteiger partial charge is 0.338 e. The van der Waals surface area contributed by atoms with E-state index in [-0.39, 0.29) is 12.1 Å². The lowest BCUT2D eigenvalue weighted by molar-refractivity contribution is 0.153. The molecule has 2 atom stereocenters. The van der Waals surface area contributed by atoms with Gasteiger partial charge in [0, 0.05) is 55.2 Å². The maximum atomic E-state index is 12.8. The van der Waals surface area contributed by atoms with Gasteiger partial charge in [-0.25, -0.2) is 14.8 Å². The van der Waals surface area contributed by atoms with Crippen molar-refractivity contribution >= 4 is 23.4 Å². The van der Waals surface area contributed by atoms with E-state index in [9.17, 15) is 4.79 Å². The van der Waals surface area contributed by atoms with E-state index in [1.165, 1.54) is 0 Å². The minimum atomic E-state index is 0.0823. The van der Waals surface area contributed by atoms with Gasteiger partial charge in [0.05, 0.1) is 11.4 Å². The molecule has 2 fully saturated rings. The van der Waals surface area contributed by atoms with Crippen LogP contribution in [0.5, 0.6) is 0 Å². The molecule has 2 aromatic heterocycles. The fourth-order valence-corrected chi connectivity index (χ4v) is 5.20. The maximum absolute atomic E-state index is 12.8. The number of hydrogen-bond acceptors (Lipinski definition) is 4. The highest BCUT2D eigenvalue weighted by molar-refractivity contribution is 6.30. The van der Waals surface area contributed by atoms with Crippen LogP contribution in [0.2, 0.25) is 5.02 Å². The molecule has 4 heterocycles. The standard InChI is InChI=1S/C25H31ClN6O/c1-17(2)13-28-25(33)32-14-18-8-11-30(15-21(32)12-18)16-22-23(19-4-6-20(26)7-5-19)29-24-27-9-3-10-31(22)24/h3-7,9-10,17-18,21H,8,11-16H2,1-2H3,(H,28,33). The molecule has 7 nitrogen and oxygen atoms in total. The number of aromatic nitrogens is 3. The van der Waals surface area contributed by atoms with Crippen LogP contribution in [0, 0.1) is 11.8 Å². The summed E-state index contributed by atoms with van der Waals surface area (Å²) in [5.41, 5.74) is 3.09. The van der Waals surface area contributed by atoms with E-state index >= 15 is 0 Å². The highest BCUT2D eigenvalue weighted by atomic mass is 35.5. The van der Waals surface area contributed by atoms with E-state index in [0.29, 0.717) is 22.6 Å². The third kappa shape index (κ3) is 4.70. The molecule has 2 saturated heterocycles. The molecule has 1 N–H and O–H groups in total. The Bertz CT molecular complexity index is 1130. The number of imidazole rings is 1. The molecular formula is C25H31ClN6O. The molecule has 2 amide bonds. The second kappa shape index (κ2) is 9.31. The van der Waals surface area contributed by atoms with Crippen LogP contribution in [0.25, 0.3) is 17.0 Å². The lowest BCUT2D eigenvalue weighted by Gasteiger charge is -2.32. The molecule has 5 rings (SSSR count). The number of carbonyl (C=O) groups excluding carboxylic acids is 1. The van der Waals surface area contributed by atoms with Crippen molar-refractivity contribution in [2.45, 2.75) is 39.3 Å². The number of rotatable bonds is 5. The predicted molar refractivity (Wildman–Crippen MR) is 130 cm³/mol. The van der Waals surface area contributed by atoms with Gasteiger partial charge in [0.25, 0.3) is 0 Å². The van der Waals surface area contributed by atoms with Crippen molar-refractivity contribution in [3.8, 4) is 11.3 Å². The molecule has 0 aliphatic carbocycles. The van der Waals surface area contributed by atoms with Gasteiger partial charge in [-0.1, -0.05) is 37.6 Å². The number of fused-ring (bicyclic) bond motifs is 3. The minimum Gasteiger partial charge on any atom is -0.338 e. The number of nitrogens with zero attached hydrogens (tertiary/aromatic N) is 5. The van der Waals surface area contributed by atoms with Crippen LogP contribution in [0.3, 0.4) is 0 Å². The fourth-order valence-electron chi connectivity index (χ4n) is 5.07. The number of benzene rings is 1. The van der Waals surface area contributed by atoms with E-state index in [1.807, 2.05) is 36.5 Å². The Morgan fingerprint density at radius 1 is 1.24 bits per heavy atom. The molecular weight excluding hydrogens is 436 g/mol. The Morgan fingerprint density at radius 2 is 2.06 bits per heavy atom. The molecule has 2 bridgehead atoms. The molecule has 3 aromatic rings. The molecule has 8 heteroatoms. The summed E-state index contributed by atoms with van der Waals surface area (Å²) < 4.78 is 2.08. The van der Waals surface area contributed by atoms with Gasteiger partial charge in [0.2, 0.25) is 5.78 Å². The van der Waals surface area contributed by atoms with Gasteiger partial charge in [-0.2, -0.15) is 0 Å². The lowest BCUT2D eigenvalue weighted by Crippen LogP contribution is -2.48. The number of amides is 2. The number of halogens is 1.